The van der Waals surface area contributed by atoms with Crippen molar-refractivity contribution >= 4 is 39.1 Å². The Bertz CT molecular complexity index is 1230. The molecule has 3 rings (SSSR count). The van der Waals surface area contributed by atoms with Gasteiger partial charge in [-0.2, -0.15) is 13.2 Å². The van der Waals surface area contributed by atoms with Gasteiger partial charge >= 0.3 is 11.5 Å². The number of hydrogen-bond acceptors (Lipinski definition) is 6. The monoisotopic (exact) mass is 484 g/mol. The third-order valence-electron chi connectivity index (χ3n) is 5.08. The van der Waals surface area contributed by atoms with Crippen molar-refractivity contribution in [1.82, 2.24) is 9.88 Å². The van der Waals surface area contributed by atoms with E-state index in [4.69, 9.17) is 0 Å². The smallest absolute Gasteiger partial charge is 0.325 e. The highest BCUT2D eigenvalue weighted by atomic mass is 32.2. The van der Waals surface area contributed by atoms with Gasteiger partial charge in [0.1, 0.15) is 5.54 Å². The zero-order valence-corrected chi connectivity index (χ0v) is 18.5. The second-order valence-corrected chi connectivity index (χ2v) is 9.67. The molecule has 1 aromatic carbocycles. The summed E-state index contributed by atoms with van der Waals surface area (Å²) in [6.45, 7) is 4.21. The average Bonchev–Trinajstić information content (AvgIpc) is 2.87. The molecule has 1 aliphatic heterocycles. The number of urea groups is 1. The van der Waals surface area contributed by atoms with Crippen molar-refractivity contribution in [2.24, 2.45) is 0 Å². The Labute approximate surface area is 187 Å². The van der Waals surface area contributed by atoms with E-state index in [9.17, 15) is 36.0 Å². The molecule has 0 atom stereocenters. The second kappa shape index (κ2) is 8.14. The van der Waals surface area contributed by atoms with Crippen LogP contribution in [-0.2, 0) is 26.0 Å². The van der Waals surface area contributed by atoms with Gasteiger partial charge in [0.15, 0.2) is 0 Å². The maximum atomic E-state index is 13.1. The van der Waals surface area contributed by atoms with Crippen molar-refractivity contribution < 1.29 is 36.0 Å². The molecule has 176 valence electrons. The molecule has 1 saturated heterocycles. The second-order valence-electron chi connectivity index (χ2n) is 7.73. The number of rotatable bonds is 5. The first kappa shape index (κ1) is 24.2. The molecule has 4 amide bonds. The lowest BCUT2D eigenvalue weighted by Gasteiger charge is -2.28. The largest absolute Gasteiger partial charge is 0.501 e. The summed E-state index contributed by atoms with van der Waals surface area (Å²) in [7, 11) is -5.57. The molecule has 0 unspecified atom stereocenters. The third-order valence-corrected chi connectivity index (χ3v) is 6.59. The van der Waals surface area contributed by atoms with Crippen LogP contribution < -0.4 is 10.2 Å². The van der Waals surface area contributed by atoms with E-state index in [-0.39, 0.29) is 18.1 Å². The quantitative estimate of drug-likeness (QED) is 0.652. The van der Waals surface area contributed by atoms with Gasteiger partial charge in [0.05, 0.1) is 29.0 Å². The maximum absolute atomic E-state index is 13.1. The van der Waals surface area contributed by atoms with Gasteiger partial charge in [0.2, 0.25) is 5.91 Å². The highest BCUT2D eigenvalue weighted by molar-refractivity contribution is 7.92. The number of sulfone groups is 1. The molecule has 33 heavy (non-hydrogen) atoms. The van der Waals surface area contributed by atoms with E-state index in [2.05, 4.69) is 10.3 Å². The van der Waals surface area contributed by atoms with Crippen LogP contribution in [0.2, 0.25) is 0 Å². The Morgan fingerprint density at radius 1 is 1.12 bits per heavy atom. The number of anilines is 2. The number of carbonyl (C=O) groups is 3. The summed E-state index contributed by atoms with van der Waals surface area (Å²) in [5.41, 5.74) is -6.06. The van der Waals surface area contributed by atoms with Crippen LogP contribution in [0.15, 0.2) is 47.6 Å². The molecule has 2 heterocycles. The average molecular weight is 484 g/mol. The summed E-state index contributed by atoms with van der Waals surface area (Å²) >= 11 is 0. The van der Waals surface area contributed by atoms with Gasteiger partial charge in [-0.25, -0.2) is 18.1 Å². The molecule has 2 aromatic rings. The number of carbonyl (C=O) groups excluding carboxylic acids is 3. The van der Waals surface area contributed by atoms with E-state index in [0.29, 0.717) is 23.4 Å². The fraction of sp³-hybridized carbons (Fsp3) is 0.300. The number of amides is 4. The highest BCUT2D eigenvalue weighted by Gasteiger charge is 2.52. The molecule has 13 heteroatoms. The molecule has 1 fully saturated rings. The lowest BCUT2D eigenvalue weighted by molar-refractivity contribution is -0.123. The summed E-state index contributed by atoms with van der Waals surface area (Å²) in [6.07, 6.45) is 2.84. The molecule has 0 spiro atoms. The van der Waals surface area contributed by atoms with Gasteiger partial charge in [-0.05, 0) is 49.7 Å². The number of hydrogen-bond donors (Lipinski definition) is 1. The number of benzene rings is 1. The number of aromatic nitrogens is 1. The van der Waals surface area contributed by atoms with E-state index in [1.54, 1.807) is 6.07 Å². The minimum Gasteiger partial charge on any atom is -0.325 e. The first-order valence-corrected chi connectivity index (χ1v) is 10.9. The predicted octanol–water partition coefficient (Wildman–Crippen LogP) is 3.08. The van der Waals surface area contributed by atoms with E-state index in [1.165, 1.54) is 38.1 Å². The van der Waals surface area contributed by atoms with Crippen LogP contribution in [0.5, 0.6) is 0 Å². The lowest BCUT2D eigenvalue weighted by Crippen LogP contribution is -2.43. The minimum absolute atomic E-state index is 0.0766. The van der Waals surface area contributed by atoms with Crippen LogP contribution in [-0.4, -0.2) is 47.2 Å². The Morgan fingerprint density at radius 2 is 1.73 bits per heavy atom. The van der Waals surface area contributed by atoms with Gasteiger partial charge in [-0.3, -0.25) is 14.6 Å². The highest BCUT2D eigenvalue weighted by Crippen LogP contribution is 2.36. The summed E-state index contributed by atoms with van der Waals surface area (Å²) in [5.74, 6) is -1.02. The minimum atomic E-state index is -5.57. The number of alkyl halides is 3. The van der Waals surface area contributed by atoms with Gasteiger partial charge in [-0.15, -0.1) is 0 Å². The van der Waals surface area contributed by atoms with Crippen molar-refractivity contribution in [3.05, 3.63) is 48.3 Å². The Kier molecular flexibility index (Phi) is 5.96. The number of imide groups is 1. The van der Waals surface area contributed by atoms with Gasteiger partial charge < -0.3 is 10.2 Å². The van der Waals surface area contributed by atoms with E-state index in [0.717, 1.165) is 17.0 Å². The standard InChI is InChI=1S/C20H19F3N4O5S/c1-12(28)25-16-10-24-9-8-13(16)11-26-18(30)27(17(29)19(26,2)3)14-4-6-15(7-5-14)33(31,32)20(21,22)23/h4-10H,11H2,1-3H3,(H,25,28). The zero-order chi connectivity index (χ0) is 24.8. The molecular weight excluding hydrogens is 465 g/mol. The number of nitrogens with one attached hydrogen (secondary N) is 1. The number of pyridine rings is 1. The molecule has 9 nitrogen and oxygen atoms in total. The van der Waals surface area contributed by atoms with E-state index >= 15 is 0 Å². The third kappa shape index (κ3) is 4.27. The Hall–Kier alpha value is -3.48. The molecular formula is C20H19F3N4O5S. The van der Waals surface area contributed by atoms with E-state index < -0.39 is 37.7 Å². The Balaban J connectivity index is 1.94. The fourth-order valence-corrected chi connectivity index (χ4v) is 4.03. The lowest BCUT2D eigenvalue weighted by atomic mass is 10.0. The van der Waals surface area contributed by atoms with Crippen LogP contribution in [0.1, 0.15) is 26.3 Å². The SMILES string of the molecule is CC(=O)Nc1cnccc1CN1C(=O)N(c2ccc(S(=O)(=O)C(F)(F)F)cc2)C(=O)C1(C)C. The Morgan fingerprint density at radius 3 is 2.27 bits per heavy atom. The zero-order valence-electron chi connectivity index (χ0n) is 17.7. The molecule has 0 radical (unpaired) electrons. The molecule has 0 bridgehead atoms. The fourth-order valence-electron chi connectivity index (χ4n) is 3.27. The first-order chi connectivity index (χ1) is 15.2. The normalized spacial score (nSPS) is 16.3. The van der Waals surface area contributed by atoms with E-state index in [1.807, 2.05) is 0 Å². The van der Waals surface area contributed by atoms with Crippen molar-refractivity contribution in [2.75, 3.05) is 10.2 Å². The summed E-state index contributed by atoms with van der Waals surface area (Å²) in [4.78, 5) is 42.5. The summed E-state index contributed by atoms with van der Waals surface area (Å²) in [5, 5.41) is 2.59. The number of nitrogens with zero attached hydrogens (tertiary/aromatic N) is 3. The van der Waals surface area contributed by atoms with Crippen molar-refractivity contribution in [1.29, 1.82) is 0 Å². The van der Waals surface area contributed by atoms with Crippen molar-refractivity contribution in [2.45, 2.75) is 43.3 Å². The van der Waals surface area contributed by atoms with Crippen molar-refractivity contribution in [3.63, 3.8) is 0 Å². The molecule has 1 aromatic heterocycles. The van der Waals surface area contributed by atoms with Crippen LogP contribution >= 0.6 is 0 Å². The molecule has 0 saturated carbocycles. The first-order valence-electron chi connectivity index (χ1n) is 9.46. The van der Waals surface area contributed by atoms with Crippen LogP contribution in [0.3, 0.4) is 0 Å². The van der Waals surface area contributed by atoms with Gasteiger partial charge in [0, 0.05) is 13.1 Å². The van der Waals surface area contributed by atoms with Gasteiger partial charge in [-0.1, -0.05) is 0 Å². The van der Waals surface area contributed by atoms with Gasteiger partial charge in [0.25, 0.3) is 15.7 Å². The molecule has 0 aliphatic carbocycles. The maximum Gasteiger partial charge on any atom is 0.501 e. The topological polar surface area (TPSA) is 117 Å². The molecule has 1 N–H and O–H groups in total. The number of halogens is 3. The molecule has 1 aliphatic rings. The predicted molar refractivity (Wildman–Crippen MR) is 111 cm³/mol. The van der Waals surface area contributed by atoms with Crippen LogP contribution in [0.25, 0.3) is 0 Å². The summed E-state index contributed by atoms with van der Waals surface area (Å²) < 4.78 is 61.4. The summed E-state index contributed by atoms with van der Waals surface area (Å²) in [6, 6.07) is 4.10. The van der Waals surface area contributed by atoms with Crippen molar-refractivity contribution in [3.8, 4) is 0 Å². The van der Waals surface area contributed by atoms with Crippen LogP contribution in [0, 0.1) is 0 Å². The van der Waals surface area contributed by atoms with Crippen LogP contribution in [0.4, 0.5) is 29.3 Å².